The Morgan fingerprint density at radius 3 is 3.16 bits per heavy atom. The van der Waals surface area contributed by atoms with Crippen molar-refractivity contribution in [3.05, 3.63) is 18.7 Å². The molecule has 0 spiro atoms. The minimum atomic E-state index is 0.363. The van der Waals surface area contributed by atoms with Crippen molar-refractivity contribution in [1.29, 1.82) is 0 Å². The molecule has 1 N–H and O–H groups in total. The zero-order chi connectivity index (χ0) is 13.3. The third kappa shape index (κ3) is 5.30. The van der Waals surface area contributed by atoms with Crippen LogP contribution < -0.4 is 5.32 Å². The molecule has 0 aliphatic carbocycles. The quantitative estimate of drug-likeness (QED) is 0.712. The van der Waals surface area contributed by atoms with Crippen LogP contribution in [-0.4, -0.2) is 59.9 Å². The number of unbranched alkanes of at least 4 members (excludes halogenated alkanes) is 1. The number of morpholine rings is 1. The number of aryl methyl sites for hydroxylation is 1. The van der Waals surface area contributed by atoms with E-state index in [-0.39, 0.29) is 0 Å². The van der Waals surface area contributed by atoms with Crippen molar-refractivity contribution in [3.63, 3.8) is 0 Å². The van der Waals surface area contributed by atoms with Crippen LogP contribution in [-0.2, 0) is 11.3 Å². The number of likely N-dealkylation sites (N-methyl/N-ethyl adjacent to an activating group) is 1. The molecule has 108 valence electrons. The van der Waals surface area contributed by atoms with Gasteiger partial charge in [-0.2, -0.15) is 0 Å². The average Bonchev–Trinajstić information content (AvgIpc) is 2.96. The van der Waals surface area contributed by atoms with E-state index in [1.165, 1.54) is 12.8 Å². The molecule has 1 fully saturated rings. The lowest BCUT2D eigenvalue weighted by Gasteiger charge is -2.32. The molecule has 2 rings (SSSR count). The fraction of sp³-hybridized carbons (Fsp3) is 0.786. The van der Waals surface area contributed by atoms with Gasteiger partial charge in [0.15, 0.2) is 0 Å². The van der Waals surface area contributed by atoms with Crippen molar-refractivity contribution in [2.75, 3.05) is 39.3 Å². The second-order valence-corrected chi connectivity index (χ2v) is 5.10. The lowest BCUT2D eigenvalue weighted by atomic mass is 10.2. The second kappa shape index (κ2) is 8.30. The van der Waals surface area contributed by atoms with Crippen molar-refractivity contribution in [3.8, 4) is 0 Å². The molecule has 19 heavy (non-hydrogen) atoms. The molecule has 0 bridgehead atoms. The number of hydrogen-bond donors (Lipinski definition) is 1. The van der Waals surface area contributed by atoms with Crippen LogP contribution in [0.4, 0.5) is 0 Å². The molecule has 1 unspecified atom stereocenters. The van der Waals surface area contributed by atoms with Gasteiger partial charge in [-0.05, 0) is 25.9 Å². The summed E-state index contributed by atoms with van der Waals surface area (Å²) < 4.78 is 7.89. The van der Waals surface area contributed by atoms with Gasteiger partial charge in [-0.1, -0.05) is 6.92 Å². The van der Waals surface area contributed by atoms with Gasteiger partial charge < -0.3 is 14.6 Å². The Kier molecular flexibility index (Phi) is 6.33. The van der Waals surface area contributed by atoms with Gasteiger partial charge in [0.05, 0.1) is 19.0 Å². The molecule has 1 aromatic heterocycles. The topological polar surface area (TPSA) is 42.3 Å². The summed E-state index contributed by atoms with van der Waals surface area (Å²) in [6.07, 6.45) is 8.48. The highest BCUT2D eigenvalue weighted by atomic mass is 16.5. The average molecular weight is 266 g/mol. The van der Waals surface area contributed by atoms with Crippen LogP contribution in [0.1, 0.15) is 19.8 Å². The summed E-state index contributed by atoms with van der Waals surface area (Å²) in [5.74, 6) is 0. The predicted octanol–water partition coefficient (Wildman–Crippen LogP) is 0.974. The Labute approximate surface area is 116 Å². The highest BCUT2D eigenvalue weighted by Crippen LogP contribution is 2.03. The molecule has 0 amide bonds. The zero-order valence-corrected chi connectivity index (χ0v) is 11.9. The maximum atomic E-state index is 5.76. The van der Waals surface area contributed by atoms with E-state index in [0.29, 0.717) is 6.10 Å². The summed E-state index contributed by atoms with van der Waals surface area (Å²) in [4.78, 5) is 6.49. The summed E-state index contributed by atoms with van der Waals surface area (Å²) in [7, 11) is 0. The fourth-order valence-electron chi connectivity index (χ4n) is 2.42. The summed E-state index contributed by atoms with van der Waals surface area (Å²) in [6, 6.07) is 0. The molecule has 0 radical (unpaired) electrons. The normalized spacial score (nSPS) is 20.8. The van der Waals surface area contributed by atoms with Gasteiger partial charge in [-0.15, -0.1) is 0 Å². The van der Waals surface area contributed by atoms with Crippen molar-refractivity contribution < 1.29 is 4.74 Å². The molecule has 1 aliphatic heterocycles. The van der Waals surface area contributed by atoms with Crippen LogP contribution in [0, 0.1) is 0 Å². The molecule has 5 nitrogen and oxygen atoms in total. The van der Waals surface area contributed by atoms with E-state index in [4.69, 9.17) is 4.74 Å². The molecule has 2 heterocycles. The first kappa shape index (κ1) is 14.5. The largest absolute Gasteiger partial charge is 0.374 e. The standard InChI is InChI=1S/C14H26N4O/c1-2-17-9-10-19-14(12-17)11-15-5-3-4-7-18-8-6-16-13-18/h6,8,13-15H,2-5,7,9-12H2,1H3. The highest BCUT2D eigenvalue weighted by molar-refractivity contribution is 4.74. The first-order valence-electron chi connectivity index (χ1n) is 7.39. The molecular formula is C14H26N4O. The number of nitrogens with zero attached hydrogens (tertiary/aromatic N) is 3. The van der Waals surface area contributed by atoms with Gasteiger partial charge in [0.1, 0.15) is 0 Å². The Morgan fingerprint density at radius 2 is 2.37 bits per heavy atom. The van der Waals surface area contributed by atoms with E-state index in [1.54, 1.807) is 0 Å². The maximum absolute atomic E-state index is 5.76. The molecule has 1 saturated heterocycles. The van der Waals surface area contributed by atoms with Gasteiger partial charge >= 0.3 is 0 Å². The summed E-state index contributed by atoms with van der Waals surface area (Å²) in [5.41, 5.74) is 0. The van der Waals surface area contributed by atoms with Crippen LogP contribution in [0.15, 0.2) is 18.7 Å². The lowest BCUT2D eigenvalue weighted by molar-refractivity contribution is -0.0251. The van der Waals surface area contributed by atoms with Crippen LogP contribution in [0.5, 0.6) is 0 Å². The van der Waals surface area contributed by atoms with Gasteiger partial charge in [0.25, 0.3) is 0 Å². The first-order valence-corrected chi connectivity index (χ1v) is 7.39. The van der Waals surface area contributed by atoms with E-state index >= 15 is 0 Å². The lowest BCUT2D eigenvalue weighted by Crippen LogP contribution is -2.46. The minimum Gasteiger partial charge on any atom is -0.374 e. The van der Waals surface area contributed by atoms with E-state index in [2.05, 4.69) is 26.7 Å². The number of rotatable bonds is 8. The SMILES string of the molecule is CCN1CCOC(CNCCCCn2ccnc2)C1. The molecular weight excluding hydrogens is 240 g/mol. The van der Waals surface area contributed by atoms with Crippen LogP contribution in [0.25, 0.3) is 0 Å². The van der Waals surface area contributed by atoms with Crippen molar-refractivity contribution in [2.24, 2.45) is 0 Å². The third-order valence-electron chi connectivity index (χ3n) is 3.62. The van der Waals surface area contributed by atoms with Gasteiger partial charge in [-0.25, -0.2) is 4.98 Å². The van der Waals surface area contributed by atoms with E-state index in [9.17, 15) is 0 Å². The predicted molar refractivity (Wildman–Crippen MR) is 76.2 cm³/mol. The van der Waals surface area contributed by atoms with Crippen molar-refractivity contribution >= 4 is 0 Å². The molecule has 1 aromatic rings. The zero-order valence-electron chi connectivity index (χ0n) is 11.9. The molecule has 5 heteroatoms. The summed E-state index contributed by atoms with van der Waals surface area (Å²) in [5, 5.41) is 3.50. The summed E-state index contributed by atoms with van der Waals surface area (Å²) >= 11 is 0. The molecule has 0 saturated carbocycles. The van der Waals surface area contributed by atoms with Crippen LogP contribution in [0.2, 0.25) is 0 Å². The van der Waals surface area contributed by atoms with Crippen molar-refractivity contribution in [1.82, 2.24) is 19.8 Å². The third-order valence-corrected chi connectivity index (χ3v) is 3.62. The Morgan fingerprint density at radius 1 is 1.42 bits per heavy atom. The van der Waals surface area contributed by atoms with E-state index in [1.807, 2.05) is 18.7 Å². The Bertz CT molecular complexity index is 328. The van der Waals surface area contributed by atoms with E-state index < -0.39 is 0 Å². The Hall–Kier alpha value is -0.910. The number of hydrogen-bond acceptors (Lipinski definition) is 4. The number of imidazole rings is 1. The molecule has 0 aromatic carbocycles. The monoisotopic (exact) mass is 266 g/mol. The summed E-state index contributed by atoms with van der Waals surface area (Å²) in [6.45, 7) is 9.47. The maximum Gasteiger partial charge on any atom is 0.0945 e. The van der Waals surface area contributed by atoms with Crippen molar-refractivity contribution in [2.45, 2.75) is 32.4 Å². The van der Waals surface area contributed by atoms with E-state index in [0.717, 1.165) is 45.9 Å². The minimum absolute atomic E-state index is 0.363. The highest BCUT2D eigenvalue weighted by Gasteiger charge is 2.18. The van der Waals surface area contributed by atoms with Gasteiger partial charge in [0, 0.05) is 38.6 Å². The number of nitrogens with one attached hydrogen (secondary N) is 1. The molecule has 1 atom stereocenters. The number of aromatic nitrogens is 2. The Balaban J connectivity index is 1.47. The molecule has 1 aliphatic rings. The second-order valence-electron chi connectivity index (χ2n) is 5.10. The smallest absolute Gasteiger partial charge is 0.0945 e. The fourth-order valence-corrected chi connectivity index (χ4v) is 2.42. The first-order chi connectivity index (χ1) is 9.38. The van der Waals surface area contributed by atoms with Gasteiger partial charge in [0.2, 0.25) is 0 Å². The van der Waals surface area contributed by atoms with Gasteiger partial charge in [-0.3, -0.25) is 4.90 Å². The number of ether oxygens (including phenoxy) is 1. The van der Waals surface area contributed by atoms with Crippen LogP contribution >= 0.6 is 0 Å². The van der Waals surface area contributed by atoms with Crippen LogP contribution in [0.3, 0.4) is 0 Å².